The van der Waals surface area contributed by atoms with E-state index in [1.807, 2.05) is 24.3 Å². The summed E-state index contributed by atoms with van der Waals surface area (Å²) in [6.45, 7) is 2.32. The van der Waals surface area contributed by atoms with Crippen LogP contribution in [-0.4, -0.2) is 44.5 Å². The molecule has 0 aromatic heterocycles. The molecule has 0 saturated carbocycles. The molecule has 0 radical (unpaired) electrons. The molecule has 20 heavy (non-hydrogen) atoms. The molecular formula is C14H21BrN2O2S. The number of benzene rings is 1. The zero-order chi connectivity index (χ0) is 14.6. The van der Waals surface area contributed by atoms with Crippen molar-refractivity contribution in [2.24, 2.45) is 5.73 Å². The third-order valence-electron chi connectivity index (χ3n) is 3.71. The van der Waals surface area contributed by atoms with Gasteiger partial charge in [0.05, 0.1) is 11.5 Å². The number of sulfone groups is 1. The van der Waals surface area contributed by atoms with Crippen molar-refractivity contribution in [2.45, 2.75) is 18.9 Å². The largest absolute Gasteiger partial charge is 0.324 e. The topological polar surface area (TPSA) is 63.4 Å². The molecule has 1 aliphatic heterocycles. The van der Waals surface area contributed by atoms with Crippen LogP contribution >= 0.6 is 15.9 Å². The van der Waals surface area contributed by atoms with E-state index in [-0.39, 0.29) is 11.8 Å². The average Bonchev–Trinajstić information content (AvgIpc) is 2.57. The Balaban J connectivity index is 1.87. The van der Waals surface area contributed by atoms with Crippen molar-refractivity contribution in [1.29, 1.82) is 0 Å². The summed E-state index contributed by atoms with van der Waals surface area (Å²) in [4.78, 5) is 2.21. The van der Waals surface area contributed by atoms with Crippen LogP contribution in [0.15, 0.2) is 28.7 Å². The molecule has 1 unspecified atom stereocenters. The minimum Gasteiger partial charge on any atom is -0.324 e. The summed E-state index contributed by atoms with van der Waals surface area (Å²) in [5.41, 5.74) is 7.34. The van der Waals surface area contributed by atoms with Gasteiger partial charge in [0.25, 0.3) is 0 Å². The minimum absolute atomic E-state index is 0.0227. The highest BCUT2D eigenvalue weighted by molar-refractivity contribution is 9.10. The van der Waals surface area contributed by atoms with E-state index in [2.05, 4.69) is 20.8 Å². The molecule has 2 N–H and O–H groups in total. The first-order chi connectivity index (χ1) is 9.48. The summed E-state index contributed by atoms with van der Waals surface area (Å²) in [6.07, 6.45) is 1.56. The van der Waals surface area contributed by atoms with Crippen molar-refractivity contribution >= 4 is 25.8 Å². The molecule has 1 aromatic carbocycles. The molecular weight excluding hydrogens is 340 g/mol. The molecule has 0 aliphatic carbocycles. The van der Waals surface area contributed by atoms with Crippen molar-refractivity contribution < 1.29 is 8.42 Å². The summed E-state index contributed by atoms with van der Waals surface area (Å²) < 4.78 is 24.2. The summed E-state index contributed by atoms with van der Waals surface area (Å²) in [5, 5.41) is 0. The number of halogens is 1. The lowest BCUT2D eigenvalue weighted by atomic mass is 10.0. The van der Waals surface area contributed by atoms with Gasteiger partial charge in [-0.25, -0.2) is 8.42 Å². The highest BCUT2D eigenvalue weighted by atomic mass is 79.9. The second kappa shape index (κ2) is 7.02. The van der Waals surface area contributed by atoms with Gasteiger partial charge in [-0.3, -0.25) is 0 Å². The van der Waals surface area contributed by atoms with E-state index < -0.39 is 9.84 Å². The molecule has 1 fully saturated rings. The Morgan fingerprint density at radius 2 is 2.00 bits per heavy atom. The summed E-state index contributed by atoms with van der Waals surface area (Å²) in [5.74, 6) is 0.594. The van der Waals surface area contributed by atoms with E-state index in [1.165, 1.54) is 0 Å². The van der Waals surface area contributed by atoms with E-state index in [0.29, 0.717) is 12.3 Å². The smallest absolute Gasteiger partial charge is 0.151 e. The highest BCUT2D eigenvalue weighted by Gasteiger charge is 2.19. The number of hydrogen-bond donors (Lipinski definition) is 1. The fourth-order valence-electron chi connectivity index (χ4n) is 2.47. The third kappa shape index (κ3) is 4.55. The first kappa shape index (κ1) is 15.9. The molecule has 1 atom stereocenters. The van der Waals surface area contributed by atoms with Gasteiger partial charge in [0.15, 0.2) is 9.84 Å². The van der Waals surface area contributed by atoms with Gasteiger partial charge in [-0.05, 0) is 37.6 Å². The Morgan fingerprint density at radius 1 is 1.25 bits per heavy atom. The Bertz CT molecular complexity index is 548. The lowest BCUT2D eigenvalue weighted by Crippen LogP contribution is -2.30. The molecule has 4 nitrogen and oxygen atoms in total. The summed E-state index contributed by atoms with van der Waals surface area (Å²) in [6, 6.07) is 7.96. The first-order valence-corrected chi connectivity index (χ1v) is 9.52. The summed E-state index contributed by atoms with van der Waals surface area (Å²) >= 11 is 3.52. The zero-order valence-corrected chi connectivity index (χ0v) is 13.9. The van der Waals surface area contributed by atoms with E-state index in [1.54, 1.807) is 0 Å². The van der Waals surface area contributed by atoms with Gasteiger partial charge in [0, 0.05) is 17.1 Å². The predicted octanol–water partition coefficient (Wildman–Crippen LogP) is 1.96. The van der Waals surface area contributed by atoms with Crippen LogP contribution in [0.5, 0.6) is 0 Å². The zero-order valence-electron chi connectivity index (χ0n) is 11.5. The lowest BCUT2D eigenvalue weighted by molar-refractivity contribution is 0.283. The number of nitrogens with two attached hydrogens (primary N) is 1. The second-order valence-electron chi connectivity index (χ2n) is 5.26. The van der Waals surface area contributed by atoms with Crippen LogP contribution in [0.25, 0.3) is 0 Å². The lowest BCUT2D eigenvalue weighted by Gasteiger charge is -2.22. The van der Waals surface area contributed by atoms with Gasteiger partial charge in [-0.2, -0.15) is 0 Å². The van der Waals surface area contributed by atoms with Crippen LogP contribution in [0.3, 0.4) is 0 Å². The predicted molar refractivity (Wildman–Crippen MR) is 85.4 cm³/mol. The number of rotatable bonds is 4. The molecule has 0 amide bonds. The molecule has 1 heterocycles. The fourth-order valence-corrected chi connectivity index (χ4v) is 4.35. The maximum absolute atomic E-state index is 11.6. The van der Waals surface area contributed by atoms with Gasteiger partial charge in [-0.1, -0.05) is 34.1 Å². The molecule has 0 bridgehead atoms. The Morgan fingerprint density at radius 3 is 2.75 bits per heavy atom. The SMILES string of the molecule is NC(CCN1CCCS(=O)(=O)CC1)c1ccccc1Br. The van der Waals surface area contributed by atoms with Crippen LogP contribution in [0.4, 0.5) is 0 Å². The van der Waals surface area contributed by atoms with Gasteiger partial charge < -0.3 is 10.6 Å². The van der Waals surface area contributed by atoms with Gasteiger partial charge >= 0.3 is 0 Å². The first-order valence-electron chi connectivity index (χ1n) is 6.91. The number of nitrogens with zero attached hydrogens (tertiary/aromatic N) is 1. The molecule has 1 saturated heterocycles. The summed E-state index contributed by atoms with van der Waals surface area (Å²) in [7, 11) is -2.83. The van der Waals surface area contributed by atoms with Gasteiger partial charge in [0.1, 0.15) is 0 Å². The van der Waals surface area contributed by atoms with Crippen molar-refractivity contribution in [3.05, 3.63) is 34.3 Å². The third-order valence-corrected chi connectivity index (χ3v) is 6.15. The van der Waals surface area contributed by atoms with E-state index >= 15 is 0 Å². The van der Waals surface area contributed by atoms with E-state index in [4.69, 9.17) is 5.73 Å². The van der Waals surface area contributed by atoms with Gasteiger partial charge in [0.2, 0.25) is 0 Å². The van der Waals surface area contributed by atoms with Crippen LogP contribution in [0.1, 0.15) is 24.4 Å². The Kier molecular flexibility index (Phi) is 5.60. The molecule has 112 valence electrons. The molecule has 0 spiro atoms. The van der Waals surface area contributed by atoms with Crippen molar-refractivity contribution in [3.8, 4) is 0 Å². The van der Waals surface area contributed by atoms with Crippen LogP contribution in [-0.2, 0) is 9.84 Å². The van der Waals surface area contributed by atoms with Crippen LogP contribution in [0, 0.1) is 0 Å². The van der Waals surface area contributed by atoms with E-state index in [9.17, 15) is 8.42 Å². The molecule has 2 rings (SSSR count). The van der Waals surface area contributed by atoms with Crippen LogP contribution in [0.2, 0.25) is 0 Å². The van der Waals surface area contributed by atoms with E-state index in [0.717, 1.165) is 36.0 Å². The molecule has 1 aliphatic rings. The second-order valence-corrected chi connectivity index (χ2v) is 8.42. The van der Waals surface area contributed by atoms with Crippen molar-refractivity contribution in [3.63, 3.8) is 0 Å². The quantitative estimate of drug-likeness (QED) is 0.891. The Hall–Kier alpha value is -0.430. The van der Waals surface area contributed by atoms with Gasteiger partial charge in [-0.15, -0.1) is 0 Å². The average molecular weight is 361 g/mol. The normalized spacial score (nSPS) is 21.3. The molecule has 1 aromatic rings. The number of hydrogen-bond acceptors (Lipinski definition) is 4. The monoisotopic (exact) mass is 360 g/mol. The minimum atomic E-state index is -2.83. The standard InChI is InChI=1S/C14H21BrN2O2S/c15-13-5-2-1-4-12(13)14(16)6-8-17-7-3-10-20(18,19)11-9-17/h1-2,4-5,14H,3,6-11,16H2. The van der Waals surface area contributed by atoms with Crippen molar-refractivity contribution in [2.75, 3.05) is 31.1 Å². The highest BCUT2D eigenvalue weighted by Crippen LogP contribution is 2.23. The maximum atomic E-state index is 11.6. The van der Waals surface area contributed by atoms with Crippen molar-refractivity contribution in [1.82, 2.24) is 4.90 Å². The fraction of sp³-hybridized carbons (Fsp3) is 0.571. The maximum Gasteiger partial charge on any atom is 0.151 e. The Labute approximate surface area is 129 Å². The van der Waals surface area contributed by atoms with Crippen LogP contribution < -0.4 is 5.73 Å². The molecule has 6 heteroatoms.